The Morgan fingerprint density at radius 3 is 2.71 bits per heavy atom. The van der Waals surface area contributed by atoms with Crippen molar-refractivity contribution in [1.82, 2.24) is 5.32 Å². The molecule has 2 rings (SSSR count). The van der Waals surface area contributed by atoms with E-state index in [-0.39, 0.29) is 5.75 Å². The van der Waals surface area contributed by atoms with Gasteiger partial charge in [-0.25, -0.2) is 8.78 Å². The summed E-state index contributed by atoms with van der Waals surface area (Å²) in [6.45, 7) is 3.49. The molecule has 0 aliphatic carbocycles. The molecule has 21 heavy (non-hydrogen) atoms. The fourth-order valence-electron chi connectivity index (χ4n) is 1.87. The Morgan fingerprint density at radius 2 is 2.00 bits per heavy atom. The van der Waals surface area contributed by atoms with Gasteiger partial charge in [-0.1, -0.05) is 30.7 Å². The van der Waals surface area contributed by atoms with Crippen LogP contribution < -0.4 is 10.1 Å². The first kappa shape index (κ1) is 15.7. The van der Waals surface area contributed by atoms with Gasteiger partial charge in [0, 0.05) is 18.2 Å². The van der Waals surface area contributed by atoms with Crippen LogP contribution in [0.2, 0.25) is 5.02 Å². The summed E-state index contributed by atoms with van der Waals surface area (Å²) in [5, 5.41) is 3.62. The lowest BCUT2D eigenvalue weighted by Crippen LogP contribution is -2.14. The summed E-state index contributed by atoms with van der Waals surface area (Å²) in [6.07, 6.45) is 1.00. The molecule has 0 fully saturated rings. The molecule has 0 aliphatic heterocycles. The van der Waals surface area contributed by atoms with Crippen molar-refractivity contribution in [2.24, 2.45) is 0 Å². The quantitative estimate of drug-likeness (QED) is 0.765. The van der Waals surface area contributed by atoms with Gasteiger partial charge < -0.3 is 10.1 Å². The van der Waals surface area contributed by atoms with Crippen molar-refractivity contribution in [3.05, 3.63) is 58.6 Å². The predicted molar refractivity (Wildman–Crippen MR) is 79.9 cm³/mol. The summed E-state index contributed by atoms with van der Waals surface area (Å²) in [5.41, 5.74) is 0.819. The van der Waals surface area contributed by atoms with Gasteiger partial charge in [-0.05, 0) is 31.2 Å². The van der Waals surface area contributed by atoms with Gasteiger partial charge >= 0.3 is 0 Å². The summed E-state index contributed by atoms with van der Waals surface area (Å²) >= 11 is 6.13. The van der Waals surface area contributed by atoms with Gasteiger partial charge in [0.25, 0.3) is 0 Å². The summed E-state index contributed by atoms with van der Waals surface area (Å²) < 4.78 is 32.1. The molecule has 0 saturated carbocycles. The molecule has 0 aliphatic rings. The lowest BCUT2D eigenvalue weighted by atomic mass is 10.2. The fraction of sp³-hybridized carbons (Fsp3) is 0.250. The Balaban J connectivity index is 2.25. The van der Waals surface area contributed by atoms with Gasteiger partial charge in [-0.15, -0.1) is 0 Å². The summed E-state index contributed by atoms with van der Waals surface area (Å²) in [7, 11) is 0. The van der Waals surface area contributed by atoms with Crippen LogP contribution >= 0.6 is 11.6 Å². The van der Waals surface area contributed by atoms with E-state index in [1.54, 1.807) is 12.1 Å². The number of hydrogen-bond acceptors (Lipinski definition) is 2. The van der Waals surface area contributed by atoms with Crippen LogP contribution in [0, 0.1) is 11.6 Å². The molecule has 112 valence electrons. The van der Waals surface area contributed by atoms with E-state index >= 15 is 0 Å². The number of ether oxygens (including phenoxy) is 1. The minimum atomic E-state index is -0.762. The number of rotatable bonds is 6. The lowest BCUT2D eigenvalue weighted by molar-refractivity contribution is 0.432. The van der Waals surface area contributed by atoms with E-state index in [1.807, 2.05) is 6.07 Å². The van der Waals surface area contributed by atoms with Crippen LogP contribution in [0.25, 0.3) is 0 Å². The molecule has 0 radical (unpaired) electrons. The zero-order chi connectivity index (χ0) is 15.2. The number of halogens is 3. The van der Waals surface area contributed by atoms with Gasteiger partial charge in [-0.3, -0.25) is 0 Å². The standard InChI is InChI=1S/C16H16ClF2NO/c1-2-8-20-10-11-4-3-5-13(17)16(11)21-15-7-6-12(18)9-14(15)19/h3-7,9,20H,2,8,10H2,1H3. The average Bonchev–Trinajstić information content (AvgIpc) is 2.45. The van der Waals surface area contributed by atoms with Crippen molar-refractivity contribution in [3.63, 3.8) is 0 Å². The van der Waals surface area contributed by atoms with Gasteiger partial charge in [0.05, 0.1) is 5.02 Å². The molecule has 0 atom stereocenters. The minimum absolute atomic E-state index is 0.0544. The largest absolute Gasteiger partial charge is 0.452 e. The number of para-hydroxylation sites is 1. The Morgan fingerprint density at radius 1 is 1.19 bits per heavy atom. The van der Waals surface area contributed by atoms with E-state index in [9.17, 15) is 8.78 Å². The van der Waals surface area contributed by atoms with E-state index in [1.165, 1.54) is 6.07 Å². The van der Waals surface area contributed by atoms with Crippen LogP contribution in [0.15, 0.2) is 36.4 Å². The lowest BCUT2D eigenvalue weighted by Gasteiger charge is -2.14. The van der Waals surface area contributed by atoms with Crippen LogP contribution in [0.3, 0.4) is 0 Å². The van der Waals surface area contributed by atoms with Crippen LogP contribution in [0.4, 0.5) is 8.78 Å². The van der Waals surface area contributed by atoms with Crippen LogP contribution in [-0.4, -0.2) is 6.54 Å². The Bertz CT molecular complexity index is 619. The highest BCUT2D eigenvalue weighted by molar-refractivity contribution is 6.32. The highest BCUT2D eigenvalue weighted by atomic mass is 35.5. The minimum Gasteiger partial charge on any atom is -0.452 e. The third-order valence-corrected chi connectivity index (χ3v) is 3.19. The van der Waals surface area contributed by atoms with Crippen molar-refractivity contribution < 1.29 is 13.5 Å². The molecule has 0 unspecified atom stereocenters. The first-order valence-electron chi connectivity index (χ1n) is 6.73. The number of benzene rings is 2. The molecule has 2 aromatic rings. The zero-order valence-electron chi connectivity index (χ0n) is 11.6. The van der Waals surface area contributed by atoms with E-state index in [0.717, 1.165) is 30.7 Å². The van der Waals surface area contributed by atoms with Gasteiger partial charge in [0.2, 0.25) is 0 Å². The third kappa shape index (κ3) is 4.16. The Hall–Kier alpha value is -1.65. The monoisotopic (exact) mass is 311 g/mol. The van der Waals surface area contributed by atoms with Crippen molar-refractivity contribution in [3.8, 4) is 11.5 Å². The smallest absolute Gasteiger partial charge is 0.168 e. The molecule has 0 aromatic heterocycles. The van der Waals surface area contributed by atoms with Crippen molar-refractivity contribution in [2.75, 3.05) is 6.54 Å². The molecule has 2 nitrogen and oxygen atoms in total. The maximum atomic E-state index is 13.7. The van der Waals surface area contributed by atoms with E-state index in [2.05, 4.69) is 12.2 Å². The van der Waals surface area contributed by atoms with Crippen LogP contribution in [0.1, 0.15) is 18.9 Å². The van der Waals surface area contributed by atoms with Crippen molar-refractivity contribution in [1.29, 1.82) is 0 Å². The van der Waals surface area contributed by atoms with Gasteiger partial charge in [-0.2, -0.15) is 0 Å². The van der Waals surface area contributed by atoms with E-state index in [0.29, 0.717) is 17.3 Å². The molecular weight excluding hydrogens is 296 g/mol. The van der Waals surface area contributed by atoms with Gasteiger partial charge in [0.15, 0.2) is 17.3 Å². The van der Waals surface area contributed by atoms with Crippen molar-refractivity contribution in [2.45, 2.75) is 19.9 Å². The maximum Gasteiger partial charge on any atom is 0.168 e. The maximum absolute atomic E-state index is 13.7. The molecule has 1 N–H and O–H groups in total. The third-order valence-electron chi connectivity index (χ3n) is 2.90. The molecule has 2 aromatic carbocycles. The predicted octanol–water partition coefficient (Wildman–Crippen LogP) is 4.91. The second-order valence-corrected chi connectivity index (χ2v) is 4.99. The topological polar surface area (TPSA) is 21.3 Å². The van der Waals surface area contributed by atoms with Gasteiger partial charge in [0.1, 0.15) is 5.82 Å². The Labute approximate surface area is 127 Å². The molecule has 0 heterocycles. The van der Waals surface area contributed by atoms with Crippen LogP contribution in [0.5, 0.6) is 11.5 Å². The molecule has 0 bridgehead atoms. The average molecular weight is 312 g/mol. The van der Waals surface area contributed by atoms with E-state index in [4.69, 9.17) is 16.3 Å². The molecular formula is C16H16ClF2NO. The molecule has 0 spiro atoms. The first-order chi connectivity index (χ1) is 10.1. The second-order valence-electron chi connectivity index (χ2n) is 4.58. The molecule has 0 amide bonds. The highest BCUT2D eigenvalue weighted by Gasteiger charge is 2.12. The molecule has 0 saturated heterocycles. The highest BCUT2D eigenvalue weighted by Crippen LogP contribution is 2.34. The van der Waals surface area contributed by atoms with E-state index < -0.39 is 11.6 Å². The second kappa shape index (κ2) is 7.38. The van der Waals surface area contributed by atoms with Crippen molar-refractivity contribution >= 4 is 11.6 Å². The zero-order valence-corrected chi connectivity index (χ0v) is 12.4. The summed E-state index contributed by atoms with van der Waals surface area (Å²) in [5.74, 6) is -1.08. The first-order valence-corrected chi connectivity index (χ1v) is 7.10. The molecule has 5 heteroatoms. The Kier molecular flexibility index (Phi) is 5.53. The normalized spacial score (nSPS) is 10.7. The SMILES string of the molecule is CCCNCc1cccc(Cl)c1Oc1ccc(F)cc1F. The number of hydrogen-bond donors (Lipinski definition) is 1. The van der Waals surface area contributed by atoms with Crippen LogP contribution in [-0.2, 0) is 6.54 Å². The fourth-order valence-corrected chi connectivity index (χ4v) is 2.11. The summed E-state index contributed by atoms with van der Waals surface area (Å²) in [6, 6.07) is 8.49. The number of nitrogens with one attached hydrogen (secondary N) is 1. The summed E-state index contributed by atoms with van der Waals surface area (Å²) in [4.78, 5) is 0.